The molecule has 0 bridgehead atoms. The zero-order valence-corrected chi connectivity index (χ0v) is 11.3. The van der Waals surface area contributed by atoms with Crippen LogP contribution < -0.4 is 5.32 Å². The van der Waals surface area contributed by atoms with Gasteiger partial charge in [0.1, 0.15) is 5.82 Å². The van der Waals surface area contributed by atoms with Gasteiger partial charge in [-0.1, -0.05) is 23.8 Å². The molecule has 0 unspecified atom stereocenters. The third-order valence-corrected chi connectivity index (χ3v) is 3.00. The third kappa shape index (κ3) is 2.99. The van der Waals surface area contributed by atoms with Gasteiger partial charge >= 0.3 is 0 Å². The van der Waals surface area contributed by atoms with Crippen LogP contribution in [-0.4, -0.2) is 5.91 Å². The summed E-state index contributed by atoms with van der Waals surface area (Å²) in [6, 6.07) is 10.3. The van der Waals surface area contributed by atoms with Gasteiger partial charge in [0.05, 0.1) is 5.69 Å². The first kappa shape index (κ1) is 13.3. The molecule has 0 radical (unpaired) electrons. The van der Waals surface area contributed by atoms with Crippen LogP contribution in [0.5, 0.6) is 0 Å². The quantitative estimate of drug-likeness (QED) is 0.865. The molecule has 0 spiro atoms. The number of carbonyl (C=O) groups is 1. The summed E-state index contributed by atoms with van der Waals surface area (Å²) in [5.41, 5.74) is 3.56. The molecule has 0 aromatic heterocycles. The fraction of sp³-hybridized carbons (Fsp3) is 0.188. The summed E-state index contributed by atoms with van der Waals surface area (Å²) in [5, 5.41) is 2.60. The van der Waals surface area contributed by atoms with Crippen LogP contribution in [0.2, 0.25) is 0 Å². The second-order valence-corrected chi connectivity index (χ2v) is 4.76. The van der Waals surface area contributed by atoms with E-state index in [1.165, 1.54) is 6.07 Å². The van der Waals surface area contributed by atoms with Crippen LogP contribution in [0.4, 0.5) is 10.1 Å². The number of aryl methyl sites for hydroxylation is 3. The molecule has 0 saturated heterocycles. The molecule has 2 nitrogen and oxygen atoms in total. The Kier molecular flexibility index (Phi) is 3.65. The van der Waals surface area contributed by atoms with E-state index < -0.39 is 5.82 Å². The van der Waals surface area contributed by atoms with Gasteiger partial charge in [0, 0.05) is 5.56 Å². The van der Waals surface area contributed by atoms with Gasteiger partial charge in [-0.25, -0.2) is 4.39 Å². The summed E-state index contributed by atoms with van der Waals surface area (Å²) in [7, 11) is 0. The summed E-state index contributed by atoms with van der Waals surface area (Å²) in [6.07, 6.45) is 0. The van der Waals surface area contributed by atoms with Gasteiger partial charge in [-0.15, -0.1) is 0 Å². The number of benzene rings is 2. The van der Waals surface area contributed by atoms with Crippen molar-refractivity contribution < 1.29 is 9.18 Å². The number of nitrogens with one attached hydrogen (secondary N) is 1. The van der Waals surface area contributed by atoms with E-state index in [4.69, 9.17) is 0 Å². The first-order valence-electron chi connectivity index (χ1n) is 6.12. The minimum Gasteiger partial charge on any atom is -0.319 e. The van der Waals surface area contributed by atoms with E-state index in [2.05, 4.69) is 5.32 Å². The fourth-order valence-corrected chi connectivity index (χ4v) is 1.98. The topological polar surface area (TPSA) is 29.1 Å². The van der Waals surface area contributed by atoms with Crippen molar-refractivity contribution in [2.24, 2.45) is 0 Å². The lowest BCUT2D eigenvalue weighted by atomic mass is 10.1. The Morgan fingerprint density at radius 1 is 1.00 bits per heavy atom. The number of hydrogen-bond donors (Lipinski definition) is 1. The van der Waals surface area contributed by atoms with Crippen LogP contribution in [0.3, 0.4) is 0 Å². The minimum absolute atomic E-state index is 0.204. The standard InChI is InChI=1S/C16H16FNO/c1-10-4-6-13(12(3)8-10)16(19)18-15-7-5-11(2)9-14(15)17/h4-9H,1-3H3,(H,18,19). The zero-order valence-electron chi connectivity index (χ0n) is 11.3. The second-order valence-electron chi connectivity index (χ2n) is 4.76. The van der Waals surface area contributed by atoms with Crippen molar-refractivity contribution in [2.75, 3.05) is 5.32 Å². The Hall–Kier alpha value is -2.16. The molecule has 0 heterocycles. The molecule has 0 aliphatic carbocycles. The van der Waals surface area contributed by atoms with Crippen molar-refractivity contribution in [3.8, 4) is 0 Å². The molecule has 0 saturated carbocycles. The van der Waals surface area contributed by atoms with Crippen molar-refractivity contribution in [3.05, 3.63) is 64.5 Å². The van der Waals surface area contributed by atoms with Crippen LogP contribution in [0, 0.1) is 26.6 Å². The van der Waals surface area contributed by atoms with E-state index in [0.29, 0.717) is 5.56 Å². The van der Waals surface area contributed by atoms with Crippen molar-refractivity contribution in [2.45, 2.75) is 20.8 Å². The molecule has 0 aliphatic heterocycles. The summed E-state index contributed by atoms with van der Waals surface area (Å²) >= 11 is 0. The Morgan fingerprint density at radius 2 is 1.63 bits per heavy atom. The van der Waals surface area contributed by atoms with Gasteiger partial charge in [0.15, 0.2) is 0 Å². The molecule has 2 aromatic rings. The van der Waals surface area contributed by atoms with Gasteiger partial charge in [0.25, 0.3) is 5.91 Å². The first-order valence-corrected chi connectivity index (χ1v) is 6.12. The fourth-order valence-electron chi connectivity index (χ4n) is 1.98. The summed E-state index contributed by atoms with van der Waals surface area (Å²) in [5.74, 6) is -0.710. The number of anilines is 1. The van der Waals surface area contributed by atoms with Crippen LogP contribution in [0.1, 0.15) is 27.0 Å². The number of amides is 1. The predicted molar refractivity (Wildman–Crippen MR) is 75.0 cm³/mol. The van der Waals surface area contributed by atoms with Crippen LogP contribution in [0.25, 0.3) is 0 Å². The van der Waals surface area contributed by atoms with Gasteiger partial charge < -0.3 is 5.32 Å². The molecule has 2 aromatic carbocycles. The maximum absolute atomic E-state index is 13.7. The van der Waals surface area contributed by atoms with Crippen LogP contribution in [-0.2, 0) is 0 Å². The minimum atomic E-state index is -0.418. The highest BCUT2D eigenvalue weighted by Gasteiger charge is 2.11. The molecule has 3 heteroatoms. The van der Waals surface area contributed by atoms with Crippen LogP contribution >= 0.6 is 0 Å². The highest BCUT2D eigenvalue weighted by atomic mass is 19.1. The van der Waals surface area contributed by atoms with Crippen molar-refractivity contribution in [3.63, 3.8) is 0 Å². The molecule has 0 atom stereocenters. The molecule has 0 aliphatic rings. The number of carbonyl (C=O) groups excluding carboxylic acids is 1. The molecular weight excluding hydrogens is 241 g/mol. The first-order chi connectivity index (χ1) is 8.97. The van der Waals surface area contributed by atoms with E-state index in [1.54, 1.807) is 25.1 Å². The van der Waals surface area contributed by atoms with Gasteiger partial charge in [-0.2, -0.15) is 0 Å². The van der Waals surface area contributed by atoms with E-state index in [-0.39, 0.29) is 11.6 Å². The molecular formula is C16H16FNO. The van der Waals surface area contributed by atoms with Crippen LogP contribution in [0.15, 0.2) is 36.4 Å². The average Bonchev–Trinajstić information content (AvgIpc) is 2.32. The molecule has 19 heavy (non-hydrogen) atoms. The number of hydrogen-bond acceptors (Lipinski definition) is 1. The maximum atomic E-state index is 13.7. The smallest absolute Gasteiger partial charge is 0.256 e. The predicted octanol–water partition coefficient (Wildman–Crippen LogP) is 4.00. The number of halogens is 1. The monoisotopic (exact) mass is 257 g/mol. The Morgan fingerprint density at radius 3 is 2.26 bits per heavy atom. The highest BCUT2D eigenvalue weighted by molar-refractivity contribution is 6.05. The lowest BCUT2D eigenvalue weighted by Crippen LogP contribution is -2.14. The van der Waals surface area contributed by atoms with Crippen molar-refractivity contribution in [1.29, 1.82) is 0 Å². The maximum Gasteiger partial charge on any atom is 0.256 e. The van der Waals surface area contributed by atoms with Crippen molar-refractivity contribution >= 4 is 11.6 Å². The van der Waals surface area contributed by atoms with E-state index >= 15 is 0 Å². The van der Waals surface area contributed by atoms with Gasteiger partial charge in [0.2, 0.25) is 0 Å². The SMILES string of the molecule is Cc1ccc(C(=O)Nc2ccc(C)cc2F)c(C)c1. The third-order valence-electron chi connectivity index (χ3n) is 3.00. The van der Waals surface area contributed by atoms with Gasteiger partial charge in [-0.3, -0.25) is 4.79 Å². The molecule has 1 amide bonds. The van der Waals surface area contributed by atoms with Crippen molar-refractivity contribution in [1.82, 2.24) is 0 Å². The Labute approximate surface area is 112 Å². The second kappa shape index (κ2) is 5.22. The van der Waals surface area contributed by atoms with E-state index in [0.717, 1.165) is 16.7 Å². The van der Waals surface area contributed by atoms with Gasteiger partial charge in [-0.05, 0) is 50.1 Å². The Bertz CT molecular complexity index is 635. The normalized spacial score (nSPS) is 10.3. The lowest BCUT2D eigenvalue weighted by Gasteiger charge is -2.09. The molecule has 98 valence electrons. The van der Waals surface area contributed by atoms with E-state index in [1.807, 2.05) is 26.0 Å². The summed E-state index contributed by atoms with van der Waals surface area (Å²) < 4.78 is 13.7. The number of rotatable bonds is 2. The average molecular weight is 257 g/mol. The lowest BCUT2D eigenvalue weighted by molar-refractivity contribution is 0.102. The summed E-state index contributed by atoms with van der Waals surface area (Å²) in [4.78, 5) is 12.1. The molecule has 2 rings (SSSR count). The molecule has 0 fully saturated rings. The highest BCUT2D eigenvalue weighted by Crippen LogP contribution is 2.18. The molecule has 1 N–H and O–H groups in total. The Balaban J connectivity index is 2.25. The largest absolute Gasteiger partial charge is 0.319 e. The van der Waals surface area contributed by atoms with E-state index in [9.17, 15) is 9.18 Å². The summed E-state index contributed by atoms with van der Waals surface area (Å²) in [6.45, 7) is 5.64. The zero-order chi connectivity index (χ0) is 14.0.